The van der Waals surface area contributed by atoms with Gasteiger partial charge in [-0.3, -0.25) is 14.3 Å². The smallest absolute Gasteiger partial charge is 0.330 e. The molecule has 1 unspecified atom stereocenters. The number of methoxy groups -OCH3 is 1. The number of hydrogen-bond donors (Lipinski definition) is 2. The van der Waals surface area contributed by atoms with E-state index in [1.54, 1.807) is 0 Å². The Hall–Kier alpha value is -1.52. The highest BCUT2D eigenvalue weighted by molar-refractivity contribution is 6.74. The lowest BCUT2D eigenvalue weighted by Gasteiger charge is -2.42. The van der Waals surface area contributed by atoms with Gasteiger partial charge in [0, 0.05) is 19.4 Å². The van der Waals surface area contributed by atoms with Crippen molar-refractivity contribution in [3.63, 3.8) is 0 Å². The summed E-state index contributed by atoms with van der Waals surface area (Å²) in [5.41, 5.74) is -2.37. The highest BCUT2D eigenvalue weighted by atomic mass is 28.4. The maximum Gasteiger partial charge on any atom is 0.330 e. The molecule has 27 heavy (non-hydrogen) atoms. The van der Waals surface area contributed by atoms with Crippen LogP contribution in [-0.4, -0.2) is 54.5 Å². The van der Waals surface area contributed by atoms with Crippen molar-refractivity contribution in [3.8, 4) is 0 Å². The first-order chi connectivity index (χ1) is 12.4. The summed E-state index contributed by atoms with van der Waals surface area (Å²) >= 11 is 0. The Kier molecular flexibility index (Phi) is 6.03. The lowest BCUT2D eigenvalue weighted by atomic mass is 9.96. The van der Waals surface area contributed by atoms with Crippen molar-refractivity contribution in [1.29, 1.82) is 0 Å². The quantitative estimate of drug-likeness (QED) is 0.554. The number of aromatic nitrogens is 2. The number of aliphatic hydroxyl groups is 1. The maximum absolute atomic E-state index is 12.3. The molecule has 1 aliphatic rings. The average molecular weight is 399 g/mol. The van der Waals surface area contributed by atoms with Crippen LogP contribution in [-0.2, 0) is 13.9 Å². The fraction of sp³-hybridized carbons (Fsp3) is 0.667. The van der Waals surface area contributed by atoms with Crippen LogP contribution in [0.25, 0.3) is 0 Å². The topological polar surface area (TPSA) is 103 Å². The third-order valence-electron chi connectivity index (χ3n) is 5.62. The summed E-state index contributed by atoms with van der Waals surface area (Å²) in [6.07, 6.45) is 0.590. The Balaban J connectivity index is 2.54. The summed E-state index contributed by atoms with van der Waals surface area (Å²) in [7, 11) is -0.770. The van der Waals surface area contributed by atoms with E-state index in [4.69, 9.17) is 13.9 Å². The van der Waals surface area contributed by atoms with Gasteiger partial charge >= 0.3 is 5.69 Å². The molecule has 1 aromatic rings. The van der Waals surface area contributed by atoms with Gasteiger partial charge in [0.25, 0.3) is 5.56 Å². The molecule has 0 aliphatic carbocycles. The minimum absolute atomic E-state index is 0.0828. The first-order valence-electron chi connectivity index (χ1n) is 8.87. The molecule has 0 amide bonds. The van der Waals surface area contributed by atoms with E-state index in [0.717, 1.165) is 0 Å². The fourth-order valence-electron chi connectivity index (χ4n) is 2.89. The van der Waals surface area contributed by atoms with Crippen LogP contribution in [0.1, 0.15) is 27.0 Å². The zero-order chi connectivity index (χ0) is 20.6. The fourth-order valence-corrected chi connectivity index (χ4v) is 4.21. The van der Waals surface area contributed by atoms with Crippen LogP contribution >= 0.6 is 0 Å². The summed E-state index contributed by atoms with van der Waals surface area (Å²) in [4.78, 5) is 25.9. The lowest BCUT2D eigenvalue weighted by Crippen LogP contribution is -2.54. The molecule has 1 fully saturated rings. The minimum atomic E-state index is -2.27. The number of aliphatic hydroxyl groups excluding tert-OH is 1. The average Bonchev–Trinajstić information content (AvgIpc) is 2.87. The largest absolute Gasteiger partial charge is 0.408 e. The molecule has 0 bridgehead atoms. The molecule has 1 saturated heterocycles. The van der Waals surface area contributed by atoms with Crippen LogP contribution in [0.15, 0.2) is 34.5 Å². The van der Waals surface area contributed by atoms with Crippen LogP contribution in [0.3, 0.4) is 0 Å². The van der Waals surface area contributed by atoms with E-state index in [0.29, 0.717) is 0 Å². The number of hydrogen-bond acceptors (Lipinski definition) is 6. The highest BCUT2D eigenvalue weighted by Gasteiger charge is 2.58. The first-order valence-corrected chi connectivity index (χ1v) is 11.8. The summed E-state index contributed by atoms with van der Waals surface area (Å²) in [5.74, 6) is 0. The second-order valence-electron chi connectivity index (χ2n) is 8.34. The summed E-state index contributed by atoms with van der Waals surface area (Å²) in [6, 6.07) is 1.23. The van der Waals surface area contributed by atoms with Crippen molar-refractivity contribution < 1.29 is 19.0 Å². The predicted octanol–water partition coefficient (Wildman–Crippen LogP) is 1.39. The van der Waals surface area contributed by atoms with Crippen LogP contribution in [0.4, 0.5) is 0 Å². The summed E-state index contributed by atoms with van der Waals surface area (Å²) in [6.45, 7) is 13.9. The number of H-pyrrole nitrogens is 1. The maximum atomic E-state index is 12.3. The van der Waals surface area contributed by atoms with E-state index in [2.05, 4.69) is 45.4 Å². The Morgan fingerprint density at radius 2 is 2.07 bits per heavy atom. The predicted molar refractivity (Wildman–Crippen MR) is 104 cm³/mol. The molecule has 2 rings (SSSR count). The van der Waals surface area contributed by atoms with Gasteiger partial charge < -0.3 is 19.0 Å². The SMILES string of the molecule is C=C[C@]1(CO)O[C@@H](n2ccc(=O)[nH]c2=O)[C@@H](OC)C1O[Si](C)(C)C(C)(C)C. The molecule has 0 aromatic carbocycles. The van der Waals surface area contributed by atoms with Gasteiger partial charge in [0.15, 0.2) is 14.5 Å². The zero-order valence-electron chi connectivity index (χ0n) is 16.8. The monoisotopic (exact) mass is 398 g/mol. The third kappa shape index (κ3) is 3.88. The number of aromatic amines is 1. The van der Waals surface area contributed by atoms with Gasteiger partial charge in [0.1, 0.15) is 17.8 Å². The summed E-state index contributed by atoms with van der Waals surface area (Å²) < 4.78 is 19.5. The van der Waals surface area contributed by atoms with Crippen molar-refractivity contribution in [1.82, 2.24) is 9.55 Å². The Bertz CT molecular complexity index is 796. The molecule has 1 aromatic heterocycles. The van der Waals surface area contributed by atoms with Gasteiger partial charge in [-0.1, -0.05) is 26.8 Å². The van der Waals surface area contributed by atoms with E-state index < -0.39 is 43.6 Å². The van der Waals surface area contributed by atoms with Gasteiger partial charge in [0.2, 0.25) is 0 Å². The molecule has 4 atom stereocenters. The van der Waals surface area contributed by atoms with Gasteiger partial charge in [-0.15, -0.1) is 6.58 Å². The number of nitrogens with zero attached hydrogens (tertiary/aromatic N) is 1. The van der Waals surface area contributed by atoms with E-state index in [9.17, 15) is 14.7 Å². The van der Waals surface area contributed by atoms with E-state index in [-0.39, 0.29) is 11.6 Å². The van der Waals surface area contributed by atoms with Gasteiger partial charge in [-0.2, -0.15) is 0 Å². The van der Waals surface area contributed by atoms with Gasteiger partial charge in [0.05, 0.1) is 6.61 Å². The molecular weight excluding hydrogens is 368 g/mol. The van der Waals surface area contributed by atoms with Crippen molar-refractivity contribution in [3.05, 3.63) is 45.8 Å². The van der Waals surface area contributed by atoms with Crippen LogP contribution < -0.4 is 11.2 Å². The van der Waals surface area contributed by atoms with E-state index in [1.807, 2.05) is 0 Å². The first kappa shape index (κ1) is 21.8. The van der Waals surface area contributed by atoms with E-state index >= 15 is 0 Å². The summed E-state index contributed by atoms with van der Waals surface area (Å²) in [5, 5.41) is 10.0. The third-order valence-corrected chi connectivity index (χ3v) is 10.1. The molecule has 0 saturated carbocycles. The number of ether oxygens (including phenoxy) is 2. The normalized spacial score (nSPS) is 29.1. The number of nitrogens with one attached hydrogen (secondary N) is 1. The Morgan fingerprint density at radius 3 is 2.52 bits per heavy atom. The standard InChI is InChI=1S/C18H30N2O6Si/c1-8-18(11-21)14(26-27(6,7)17(2,3)4)13(24-5)15(25-18)20-10-9-12(22)19-16(20)23/h8-10,13-15,21H,1,11H2,2-7H3,(H,19,22,23)/t13-,14?,15+,18+/m0/s1. The molecule has 0 radical (unpaired) electrons. The molecule has 152 valence electrons. The Labute approximate surface area is 159 Å². The van der Waals surface area contributed by atoms with Crippen molar-refractivity contribution in [2.24, 2.45) is 0 Å². The molecule has 1 aliphatic heterocycles. The Morgan fingerprint density at radius 1 is 1.44 bits per heavy atom. The molecule has 8 nitrogen and oxygen atoms in total. The van der Waals surface area contributed by atoms with Crippen molar-refractivity contribution in [2.75, 3.05) is 13.7 Å². The molecule has 9 heteroatoms. The zero-order valence-corrected chi connectivity index (χ0v) is 17.8. The molecular formula is C18H30N2O6Si. The van der Waals surface area contributed by atoms with Crippen molar-refractivity contribution >= 4 is 8.32 Å². The molecule has 2 N–H and O–H groups in total. The highest BCUT2D eigenvalue weighted by Crippen LogP contribution is 2.45. The second-order valence-corrected chi connectivity index (χ2v) is 13.1. The second kappa shape index (κ2) is 7.48. The van der Waals surface area contributed by atoms with Gasteiger partial charge in [-0.25, -0.2) is 4.79 Å². The van der Waals surface area contributed by atoms with Crippen LogP contribution in [0.5, 0.6) is 0 Å². The molecule has 0 spiro atoms. The van der Waals surface area contributed by atoms with Gasteiger partial charge in [-0.05, 0) is 18.1 Å². The van der Waals surface area contributed by atoms with Crippen LogP contribution in [0.2, 0.25) is 18.1 Å². The molecule has 2 heterocycles. The van der Waals surface area contributed by atoms with Crippen molar-refractivity contribution in [2.45, 2.75) is 62.9 Å². The van der Waals surface area contributed by atoms with E-state index in [1.165, 1.54) is 30.0 Å². The number of rotatable bonds is 6. The minimum Gasteiger partial charge on any atom is -0.408 e. The van der Waals surface area contributed by atoms with Crippen LogP contribution in [0, 0.1) is 0 Å². The lowest BCUT2D eigenvalue weighted by molar-refractivity contribution is -0.0990.